The minimum Gasteiger partial charge on any atom is -0.454 e. The van der Waals surface area contributed by atoms with E-state index in [4.69, 9.17) is 9.47 Å². The first-order valence-electron chi connectivity index (χ1n) is 8.29. The summed E-state index contributed by atoms with van der Waals surface area (Å²) in [5.74, 6) is 1.57. The normalized spacial score (nSPS) is 18.2. The molecule has 1 atom stereocenters. The molecule has 2 amide bonds. The zero-order valence-corrected chi connectivity index (χ0v) is 13.4. The summed E-state index contributed by atoms with van der Waals surface area (Å²) < 4.78 is 10.7. The highest BCUT2D eigenvalue weighted by Crippen LogP contribution is 2.33. The SMILES string of the molecule is O=C(NCCc1ccc2c(c1)OCO2)N1CC[C@@H]1c1ccccc1. The maximum Gasteiger partial charge on any atom is 0.317 e. The quantitative estimate of drug-likeness (QED) is 0.940. The number of hydrogen-bond acceptors (Lipinski definition) is 3. The third kappa shape index (κ3) is 2.89. The summed E-state index contributed by atoms with van der Waals surface area (Å²) in [4.78, 5) is 14.3. The summed E-state index contributed by atoms with van der Waals surface area (Å²) in [5, 5.41) is 3.02. The zero-order valence-electron chi connectivity index (χ0n) is 13.4. The molecule has 0 aliphatic carbocycles. The Hall–Kier alpha value is -2.69. The van der Waals surface area contributed by atoms with E-state index < -0.39 is 0 Å². The topological polar surface area (TPSA) is 50.8 Å². The Morgan fingerprint density at radius 2 is 1.96 bits per heavy atom. The average Bonchev–Trinajstić information content (AvgIpc) is 3.02. The fraction of sp³-hybridized carbons (Fsp3) is 0.316. The smallest absolute Gasteiger partial charge is 0.317 e. The monoisotopic (exact) mass is 324 g/mol. The van der Waals surface area contributed by atoms with Gasteiger partial charge in [-0.1, -0.05) is 36.4 Å². The van der Waals surface area contributed by atoms with E-state index in [9.17, 15) is 4.79 Å². The molecule has 24 heavy (non-hydrogen) atoms. The molecule has 0 saturated carbocycles. The lowest BCUT2D eigenvalue weighted by atomic mass is 9.95. The van der Waals surface area contributed by atoms with Gasteiger partial charge in [0.15, 0.2) is 11.5 Å². The first kappa shape index (κ1) is 14.9. The number of nitrogens with one attached hydrogen (secondary N) is 1. The number of likely N-dealkylation sites (tertiary alicyclic amines) is 1. The van der Waals surface area contributed by atoms with Gasteiger partial charge in [-0.25, -0.2) is 4.79 Å². The van der Waals surface area contributed by atoms with Crippen LogP contribution in [-0.4, -0.2) is 30.8 Å². The first-order valence-corrected chi connectivity index (χ1v) is 8.29. The number of carbonyl (C=O) groups is 1. The molecule has 2 aromatic rings. The molecule has 0 aromatic heterocycles. The molecule has 2 aliphatic rings. The van der Waals surface area contributed by atoms with Crippen LogP contribution in [0.1, 0.15) is 23.6 Å². The molecule has 124 valence electrons. The van der Waals surface area contributed by atoms with Crippen molar-refractivity contribution in [3.8, 4) is 11.5 Å². The van der Waals surface area contributed by atoms with Crippen LogP contribution < -0.4 is 14.8 Å². The number of amides is 2. The summed E-state index contributed by atoms with van der Waals surface area (Å²) in [7, 11) is 0. The van der Waals surface area contributed by atoms with Gasteiger partial charge >= 0.3 is 6.03 Å². The predicted octanol–water partition coefficient (Wildman–Crippen LogP) is 3.11. The summed E-state index contributed by atoms with van der Waals surface area (Å²) in [5.41, 5.74) is 2.33. The molecule has 1 N–H and O–H groups in total. The van der Waals surface area contributed by atoms with E-state index in [1.165, 1.54) is 5.56 Å². The van der Waals surface area contributed by atoms with Gasteiger partial charge in [0.05, 0.1) is 6.04 Å². The highest BCUT2D eigenvalue weighted by atomic mass is 16.7. The van der Waals surface area contributed by atoms with E-state index in [0.29, 0.717) is 6.54 Å². The Kier molecular flexibility index (Phi) is 3.99. The van der Waals surface area contributed by atoms with Crippen molar-refractivity contribution in [3.05, 3.63) is 59.7 Å². The van der Waals surface area contributed by atoms with E-state index in [1.54, 1.807) is 0 Å². The van der Waals surface area contributed by atoms with Crippen molar-refractivity contribution >= 4 is 6.03 Å². The molecule has 5 heteroatoms. The Bertz CT molecular complexity index is 733. The maximum atomic E-state index is 12.4. The number of carbonyl (C=O) groups excluding carboxylic acids is 1. The van der Waals surface area contributed by atoms with Crippen molar-refractivity contribution < 1.29 is 14.3 Å². The lowest BCUT2D eigenvalue weighted by Crippen LogP contribution is -2.50. The van der Waals surface area contributed by atoms with Crippen molar-refractivity contribution in [3.63, 3.8) is 0 Å². The first-order chi connectivity index (χ1) is 11.8. The molecule has 1 saturated heterocycles. The number of rotatable bonds is 4. The van der Waals surface area contributed by atoms with Crippen LogP contribution in [0.4, 0.5) is 4.79 Å². The molecule has 2 aromatic carbocycles. The number of hydrogen-bond donors (Lipinski definition) is 1. The molecular formula is C19H20N2O3. The van der Waals surface area contributed by atoms with Gasteiger partial charge < -0.3 is 19.7 Å². The molecule has 2 aliphatic heterocycles. The minimum atomic E-state index is 0.0100. The fourth-order valence-electron chi connectivity index (χ4n) is 3.16. The molecule has 2 heterocycles. The van der Waals surface area contributed by atoms with E-state index in [0.717, 1.165) is 36.4 Å². The van der Waals surface area contributed by atoms with Crippen LogP contribution in [0.3, 0.4) is 0 Å². The van der Waals surface area contributed by atoms with Gasteiger partial charge in [0.25, 0.3) is 0 Å². The van der Waals surface area contributed by atoms with Crippen molar-refractivity contribution in [1.82, 2.24) is 10.2 Å². The molecule has 1 fully saturated rings. The van der Waals surface area contributed by atoms with Gasteiger partial charge in [0.1, 0.15) is 0 Å². The Balaban J connectivity index is 1.29. The highest BCUT2D eigenvalue weighted by molar-refractivity contribution is 5.75. The van der Waals surface area contributed by atoms with Gasteiger partial charge in [-0.2, -0.15) is 0 Å². The van der Waals surface area contributed by atoms with Gasteiger partial charge in [-0.3, -0.25) is 0 Å². The molecule has 4 rings (SSSR count). The largest absolute Gasteiger partial charge is 0.454 e. The molecule has 0 bridgehead atoms. The third-order valence-corrected chi connectivity index (χ3v) is 4.59. The number of benzene rings is 2. The molecular weight excluding hydrogens is 304 g/mol. The number of nitrogens with zero attached hydrogens (tertiary/aromatic N) is 1. The highest BCUT2D eigenvalue weighted by Gasteiger charge is 2.32. The second-order valence-corrected chi connectivity index (χ2v) is 6.08. The minimum absolute atomic E-state index is 0.0100. The number of ether oxygens (including phenoxy) is 2. The van der Waals surface area contributed by atoms with Crippen molar-refractivity contribution in [2.45, 2.75) is 18.9 Å². The zero-order chi connectivity index (χ0) is 16.4. The van der Waals surface area contributed by atoms with Gasteiger partial charge in [-0.15, -0.1) is 0 Å². The summed E-state index contributed by atoms with van der Waals surface area (Å²) in [6.45, 7) is 1.71. The summed E-state index contributed by atoms with van der Waals surface area (Å²) in [6.07, 6.45) is 1.80. The van der Waals surface area contributed by atoms with Crippen LogP contribution in [-0.2, 0) is 6.42 Å². The van der Waals surface area contributed by atoms with Crippen molar-refractivity contribution in [2.24, 2.45) is 0 Å². The Labute approximate surface area is 141 Å². The van der Waals surface area contributed by atoms with E-state index in [-0.39, 0.29) is 18.9 Å². The van der Waals surface area contributed by atoms with Crippen LogP contribution in [0.15, 0.2) is 48.5 Å². The number of fused-ring (bicyclic) bond motifs is 1. The van der Waals surface area contributed by atoms with E-state index in [2.05, 4.69) is 17.4 Å². The molecule has 0 radical (unpaired) electrons. The van der Waals surface area contributed by atoms with Gasteiger partial charge in [0, 0.05) is 13.1 Å². The third-order valence-electron chi connectivity index (χ3n) is 4.59. The fourth-order valence-corrected chi connectivity index (χ4v) is 3.16. The summed E-state index contributed by atoms with van der Waals surface area (Å²) in [6, 6.07) is 16.3. The van der Waals surface area contributed by atoms with E-state index in [1.807, 2.05) is 41.3 Å². The lowest BCUT2D eigenvalue weighted by Gasteiger charge is -2.41. The molecule has 5 nitrogen and oxygen atoms in total. The van der Waals surface area contributed by atoms with E-state index >= 15 is 0 Å². The van der Waals surface area contributed by atoms with Crippen LogP contribution >= 0.6 is 0 Å². The van der Waals surface area contributed by atoms with Gasteiger partial charge in [0.2, 0.25) is 6.79 Å². The summed E-state index contributed by atoms with van der Waals surface area (Å²) >= 11 is 0. The van der Waals surface area contributed by atoms with Crippen LogP contribution in [0.5, 0.6) is 11.5 Å². The lowest BCUT2D eigenvalue weighted by molar-refractivity contribution is 0.115. The van der Waals surface area contributed by atoms with Crippen LogP contribution in [0, 0.1) is 0 Å². The Morgan fingerprint density at radius 3 is 2.75 bits per heavy atom. The predicted molar refractivity (Wildman–Crippen MR) is 90.2 cm³/mol. The van der Waals surface area contributed by atoms with Crippen molar-refractivity contribution in [1.29, 1.82) is 0 Å². The molecule has 0 unspecified atom stereocenters. The van der Waals surface area contributed by atoms with Gasteiger partial charge in [-0.05, 0) is 36.1 Å². The second-order valence-electron chi connectivity index (χ2n) is 6.08. The standard InChI is InChI=1S/C19H20N2O3/c22-19(21-11-9-16(21)15-4-2-1-3-5-15)20-10-8-14-6-7-17-18(12-14)24-13-23-17/h1-7,12,16H,8-11,13H2,(H,20,22)/t16-/m1/s1. The van der Waals surface area contributed by atoms with Crippen molar-refractivity contribution in [2.75, 3.05) is 19.9 Å². The molecule has 0 spiro atoms. The Morgan fingerprint density at radius 1 is 1.12 bits per heavy atom. The second kappa shape index (κ2) is 6.43. The number of urea groups is 1. The van der Waals surface area contributed by atoms with Crippen LogP contribution in [0.25, 0.3) is 0 Å². The van der Waals surface area contributed by atoms with Crippen LogP contribution in [0.2, 0.25) is 0 Å². The maximum absolute atomic E-state index is 12.4. The average molecular weight is 324 g/mol.